The fourth-order valence-electron chi connectivity index (χ4n) is 8.43. The van der Waals surface area contributed by atoms with Crippen LogP contribution in [0.1, 0.15) is 55.2 Å². The Balaban J connectivity index is 1.35. The maximum absolute atomic E-state index is 14.7. The molecule has 0 saturated carbocycles. The first-order valence-electron chi connectivity index (χ1n) is 25.2. The van der Waals surface area contributed by atoms with Crippen LogP contribution in [0.15, 0.2) is 89.9 Å². The third-order valence-corrected chi connectivity index (χ3v) is 15.0. The number of amides is 10. The van der Waals surface area contributed by atoms with Gasteiger partial charge in [0.05, 0.1) is 12.6 Å². The third-order valence-electron chi connectivity index (χ3n) is 12.6. The number of aliphatic imine (C=N–C) groups is 1. The van der Waals surface area contributed by atoms with Crippen LogP contribution < -0.4 is 65.9 Å². The molecule has 0 unspecified atom stereocenters. The largest absolute Gasteiger partial charge is 0.508 e. The van der Waals surface area contributed by atoms with Gasteiger partial charge in [0.2, 0.25) is 59.1 Å². The van der Waals surface area contributed by atoms with Crippen LogP contribution in [0.25, 0.3) is 0 Å². The summed E-state index contributed by atoms with van der Waals surface area (Å²) in [5.74, 6) is -8.10. The summed E-state index contributed by atoms with van der Waals surface area (Å²) in [6, 6.07) is 13.5. The zero-order valence-electron chi connectivity index (χ0n) is 42.7. The minimum atomic E-state index is -1.48. The monoisotopic (exact) mass is 1120 g/mol. The number of likely N-dealkylation sites (tertiary alicyclic amines) is 1. The number of rotatable bonds is 23. The molecular formula is C51H68N14O11S2. The number of phenols is 1. The van der Waals surface area contributed by atoms with E-state index in [0.717, 1.165) is 21.6 Å². The molecule has 2 aliphatic heterocycles. The highest BCUT2D eigenvalue weighted by Gasteiger charge is 2.40. The number of carbonyl (C=O) groups is 10. The van der Waals surface area contributed by atoms with Gasteiger partial charge in [0.25, 0.3) is 0 Å². The molecule has 420 valence electrons. The molecule has 3 aromatic rings. The first kappa shape index (κ1) is 60.9. The molecule has 8 atom stereocenters. The Morgan fingerprint density at radius 2 is 1.33 bits per heavy atom. The van der Waals surface area contributed by atoms with Gasteiger partial charge in [0, 0.05) is 43.9 Å². The molecule has 0 bridgehead atoms. The lowest BCUT2D eigenvalue weighted by atomic mass is 10.0. The van der Waals surface area contributed by atoms with Crippen LogP contribution in [0, 0.1) is 0 Å². The van der Waals surface area contributed by atoms with Crippen molar-refractivity contribution in [3.63, 3.8) is 0 Å². The Morgan fingerprint density at radius 3 is 1.97 bits per heavy atom. The molecule has 2 heterocycles. The van der Waals surface area contributed by atoms with Crippen molar-refractivity contribution in [2.75, 3.05) is 31.1 Å². The fourth-order valence-corrected chi connectivity index (χ4v) is 10.7. The van der Waals surface area contributed by atoms with Gasteiger partial charge in [-0.3, -0.25) is 52.9 Å². The van der Waals surface area contributed by atoms with Gasteiger partial charge in [-0.05, 0) is 67.3 Å². The van der Waals surface area contributed by atoms with Gasteiger partial charge in [-0.1, -0.05) is 94.4 Å². The summed E-state index contributed by atoms with van der Waals surface area (Å²) in [7, 11) is 2.17. The molecule has 0 radical (unpaired) electrons. The van der Waals surface area contributed by atoms with E-state index in [1.165, 1.54) is 17.0 Å². The van der Waals surface area contributed by atoms with Crippen molar-refractivity contribution in [3.8, 4) is 5.75 Å². The second-order valence-corrected chi connectivity index (χ2v) is 21.2. The van der Waals surface area contributed by atoms with Gasteiger partial charge in [0.15, 0.2) is 5.96 Å². The van der Waals surface area contributed by atoms with E-state index < -0.39 is 114 Å². The van der Waals surface area contributed by atoms with E-state index in [9.17, 15) is 53.1 Å². The van der Waals surface area contributed by atoms with Crippen LogP contribution in [0.5, 0.6) is 5.75 Å². The lowest BCUT2D eigenvalue weighted by molar-refractivity contribution is -0.142. The minimum Gasteiger partial charge on any atom is -0.508 e. The normalized spacial score (nSPS) is 19.6. The van der Waals surface area contributed by atoms with Crippen LogP contribution in [-0.2, 0) is 67.2 Å². The quantitative estimate of drug-likeness (QED) is 0.0194. The van der Waals surface area contributed by atoms with Gasteiger partial charge >= 0.3 is 0 Å². The average molecular weight is 1120 g/mol. The predicted molar refractivity (Wildman–Crippen MR) is 292 cm³/mol. The van der Waals surface area contributed by atoms with Crippen molar-refractivity contribution in [1.82, 2.24) is 42.1 Å². The molecule has 18 N–H and O–H groups in total. The van der Waals surface area contributed by atoms with E-state index in [0.29, 0.717) is 23.1 Å². The van der Waals surface area contributed by atoms with Gasteiger partial charge in [-0.15, -0.1) is 0 Å². The molecule has 78 heavy (non-hydrogen) atoms. The Bertz CT molecular complexity index is 2610. The average Bonchev–Trinajstić information content (AvgIpc) is 3.92. The van der Waals surface area contributed by atoms with Gasteiger partial charge in [0.1, 0.15) is 48.0 Å². The van der Waals surface area contributed by atoms with E-state index in [1.807, 2.05) is 0 Å². The van der Waals surface area contributed by atoms with Crippen molar-refractivity contribution >= 4 is 86.6 Å². The summed E-state index contributed by atoms with van der Waals surface area (Å²) in [6.07, 6.45) is -0.0410. The molecule has 2 saturated heterocycles. The molecule has 5 rings (SSSR count). The summed E-state index contributed by atoms with van der Waals surface area (Å²) in [5, 5.41) is 28.1. The van der Waals surface area contributed by atoms with E-state index in [4.69, 9.17) is 28.7 Å². The SMILES string of the molecule is NC(=O)CC[C@H](NC(=O)[C@@H]1CCCN1C(=O)[C@H]1CSSC[C@@H](NC(=O)[C@@H](N)Cc2ccc(O)cc2)C(=O)NCC(=O)N[C@@H](Cc2ccccc2)C(=O)N1)C(=O)N[C@@H](CCCN=C(N)N)C(=O)N[C@@H](Cc1ccccc1)C(N)=O. The van der Waals surface area contributed by atoms with Crippen molar-refractivity contribution in [2.45, 2.75) is 106 Å². The van der Waals surface area contributed by atoms with Crippen LogP contribution in [-0.4, -0.2) is 155 Å². The molecule has 2 aliphatic rings. The lowest BCUT2D eigenvalue weighted by Gasteiger charge is -2.31. The number of nitrogens with zero attached hydrogens (tertiary/aromatic N) is 2. The van der Waals surface area contributed by atoms with Crippen molar-refractivity contribution in [1.29, 1.82) is 0 Å². The molecule has 27 heteroatoms. The summed E-state index contributed by atoms with van der Waals surface area (Å²) >= 11 is 0. The molecule has 25 nitrogen and oxygen atoms in total. The summed E-state index contributed by atoms with van der Waals surface area (Å²) in [4.78, 5) is 141. The Labute approximate surface area is 458 Å². The molecule has 0 aromatic heterocycles. The Hall–Kier alpha value is -7.91. The second kappa shape index (κ2) is 30.7. The molecule has 10 amide bonds. The molecule has 2 fully saturated rings. The molecular weight excluding hydrogens is 1050 g/mol. The Morgan fingerprint density at radius 1 is 0.718 bits per heavy atom. The zero-order valence-corrected chi connectivity index (χ0v) is 44.4. The van der Waals surface area contributed by atoms with E-state index in [1.54, 1.807) is 72.8 Å². The number of hydrogen-bond acceptors (Lipinski definition) is 15. The number of nitrogens with one attached hydrogen (secondary N) is 7. The van der Waals surface area contributed by atoms with Gasteiger partial charge < -0.3 is 75.9 Å². The highest BCUT2D eigenvalue weighted by Crippen LogP contribution is 2.26. The highest BCUT2D eigenvalue weighted by molar-refractivity contribution is 8.76. The number of guanidine groups is 1. The van der Waals surface area contributed by atoms with Crippen molar-refractivity contribution < 1.29 is 53.1 Å². The predicted octanol–water partition coefficient (Wildman–Crippen LogP) is -3.04. The second-order valence-electron chi connectivity index (χ2n) is 18.6. The highest BCUT2D eigenvalue weighted by atomic mass is 33.1. The number of phenolic OH excluding ortho intramolecular Hbond substituents is 1. The Kier molecular flexibility index (Phi) is 24.0. The van der Waals surface area contributed by atoms with Crippen LogP contribution in [0.4, 0.5) is 0 Å². The number of benzene rings is 3. The number of hydrogen-bond donors (Lipinski definition) is 13. The lowest BCUT2D eigenvalue weighted by Crippen LogP contribution is -2.60. The zero-order chi connectivity index (χ0) is 56.7. The number of aromatic hydroxyl groups is 1. The number of primary amides is 2. The number of carbonyl (C=O) groups excluding carboxylic acids is 10. The topological polar surface area (TPSA) is 421 Å². The van der Waals surface area contributed by atoms with Gasteiger partial charge in [-0.2, -0.15) is 0 Å². The standard InChI is InChI=1S/C51H68N14O11S2/c52-33(23-31-15-17-32(66)18-16-31)44(70)63-38-27-77-78-28-39(64-48(74)37(25-30-11-5-2-6-12-30)59-42(68)26-58-45(38)71)50(76)65-22-8-14-40(65)49(75)61-35(19-20-41(53)67)47(73)60-34(13-7-21-57-51(55)56)46(72)62-36(43(54)69)24-29-9-3-1-4-10-29/h1-6,9-12,15-18,33-40,66H,7-8,13-14,19-28,52H2,(H2,53,67)(H2,54,69)(H,58,71)(H,59,68)(H,60,73)(H,61,75)(H,62,72)(H,63,70)(H,64,74)(H4,55,56,57)/t33-,34-,35-,36-,37-,38+,39+,40-/m0/s1. The molecule has 0 spiro atoms. The molecule has 3 aromatic carbocycles. The van der Waals surface area contributed by atoms with Crippen LogP contribution in [0.2, 0.25) is 0 Å². The number of nitrogens with two attached hydrogens (primary N) is 5. The fraction of sp³-hybridized carbons (Fsp3) is 0.431. The van der Waals surface area contributed by atoms with E-state index in [2.05, 4.69) is 42.2 Å². The van der Waals surface area contributed by atoms with E-state index in [-0.39, 0.29) is 87.7 Å². The van der Waals surface area contributed by atoms with Crippen molar-refractivity contribution in [2.24, 2.45) is 33.7 Å². The minimum absolute atomic E-state index is 0.0194. The van der Waals surface area contributed by atoms with Crippen LogP contribution in [0.3, 0.4) is 0 Å². The first-order chi connectivity index (χ1) is 37.3. The summed E-state index contributed by atoms with van der Waals surface area (Å²) < 4.78 is 0. The third kappa shape index (κ3) is 19.9. The first-order valence-corrected chi connectivity index (χ1v) is 27.6. The smallest absolute Gasteiger partial charge is 0.246 e. The summed E-state index contributed by atoms with van der Waals surface area (Å²) in [5.41, 5.74) is 30.3. The van der Waals surface area contributed by atoms with Crippen LogP contribution >= 0.6 is 21.6 Å². The van der Waals surface area contributed by atoms with Gasteiger partial charge in [-0.25, -0.2) is 0 Å². The summed E-state index contributed by atoms with van der Waals surface area (Å²) in [6.45, 7) is -0.469. The van der Waals surface area contributed by atoms with Crippen molar-refractivity contribution in [3.05, 3.63) is 102 Å². The van der Waals surface area contributed by atoms with E-state index >= 15 is 0 Å². The maximum Gasteiger partial charge on any atom is 0.246 e. The molecule has 0 aliphatic carbocycles. The maximum atomic E-state index is 14.7.